The minimum Gasteiger partial charge on any atom is -0.357 e. The molecule has 4 rings (SSSR count). The summed E-state index contributed by atoms with van der Waals surface area (Å²) in [5.41, 5.74) is 1.67. The third-order valence-corrected chi connectivity index (χ3v) is 6.61. The smallest absolute Gasteiger partial charge is 0.229 e. The fourth-order valence-electron chi connectivity index (χ4n) is 4.53. The van der Waals surface area contributed by atoms with Gasteiger partial charge in [0, 0.05) is 31.1 Å². The molecular formula is C27H34FN7O. The van der Waals surface area contributed by atoms with Crippen LogP contribution in [0.3, 0.4) is 0 Å². The van der Waals surface area contributed by atoms with Crippen LogP contribution in [0.2, 0.25) is 0 Å². The quantitative estimate of drug-likeness (QED) is 0.320. The third kappa shape index (κ3) is 6.68. The molecule has 1 aliphatic rings. The average Bonchev–Trinajstić information content (AvgIpc) is 2.92. The van der Waals surface area contributed by atoms with Crippen LogP contribution in [0.25, 0.3) is 0 Å². The number of aromatic nitrogens is 3. The van der Waals surface area contributed by atoms with E-state index in [0.717, 1.165) is 32.1 Å². The maximum absolute atomic E-state index is 13.8. The lowest BCUT2D eigenvalue weighted by Gasteiger charge is -2.28. The van der Waals surface area contributed by atoms with E-state index in [2.05, 4.69) is 55.3 Å². The number of rotatable bonds is 10. The van der Waals surface area contributed by atoms with Crippen molar-refractivity contribution in [3.05, 3.63) is 71.5 Å². The molecule has 2 aromatic carbocycles. The first-order chi connectivity index (χ1) is 17.6. The van der Waals surface area contributed by atoms with Crippen LogP contribution in [-0.2, 0) is 11.3 Å². The second-order valence-electron chi connectivity index (χ2n) is 9.07. The summed E-state index contributed by atoms with van der Waals surface area (Å²) in [4.78, 5) is 26.2. The van der Waals surface area contributed by atoms with E-state index in [9.17, 15) is 9.18 Å². The molecule has 0 radical (unpaired) electrons. The van der Waals surface area contributed by atoms with Gasteiger partial charge in [-0.15, -0.1) is 0 Å². The second-order valence-corrected chi connectivity index (χ2v) is 9.07. The van der Waals surface area contributed by atoms with Crippen molar-refractivity contribution in [2.45, 2.75) is 57.7 Å². The van der Waals surface area contributed by atoms with E-state index in [-0.39, 0.29) is 36.3 Å². The number of benzene rings is 2. The Balaban J connectivity index is 1.32. The average molecular weight is 492 g/mol. The molecule has 190 valence electrons. The van der Waals surface area contributed by atoms with Crippen LogP contribution in [0, 0.1) is 11.7 Å². The van der Waals surface area contributed by atoms with Gasteiger partial charge in [-0.2, -0.15) is 15.0 Å². The van der Waals surface area contributed by atoms with Gasteiger partial charge in [-0.25, -0.2) is 4.39 Å². The van der Waals surface area contributed by atoms with Crippen molar-refractivity contribution < 1.29 is 9.18 Å². The van der Waals surface area contributed by atoms with E-state index >= 15 is 0 Å². The van der Waals surface area contributed by atoms with Gasteiger partial charge in [-0.05, 0) is 43.7 Å². The number of nitrogens with zero attached hydrogens (tertiary/aromatic N) is 3. The van der Waals surface area contributed by atoms with E-state index in [1.54, 1.807) is 25.2 Å². The van der Waals surface area contributed by atoms with Crippen LogP contribution < -0.4 is 21.3 Å². The lowest BCUT2D eigenvalue weighted by atomic mass is 9.85. The van der Waals surface area contributed by atoms with Crippen molar-refractivity contribution in [1.82, 2.24) is 20.3 Å². The lowest BCUT2D eigenvalue weighted by Crippen LogP contribution is -2.36. The topological polar surface area (TPSA) is 104 Å². The first kappa shape index (κ1) is 25.3. The van der Waals surface area contributed by atoms with Crippen molar-refractivity contribution in [3.8, 4) is 0 Å². The highest BCUT2D eigenvalue weighted by Gasteiger charge is 2.27. The predicted molar refractivity (Wildman–Crippen MR) is 140 cm³/mol. The first-order valence-corrected chi connectivity index (χ1v) is 12.6. The Morgan fingerprint density at radius 1 is 0.944 bits per heavy atom. The Morgan fingerprint density at radius 2 is 1.61 bits per heavy atom. The van der Waals surface area contributed by atoms with Crippen molar-refractivity contribution in [3.63, 3.8) is 0 Å². The van der Waals surface area contributed by atoms with Crippen LogP contribution in [0.5, 0.6) is 0 Å². The van der Waals surface area contributed by atoms with Crippen LogP contribution in [0.15, 0.2) is 54.6 Å². The first-order valence-electron chi connectivity index (χ1n) is 12.6. The van der Waals surface area contributed by atoms with E-state index in [1.807, 2.05) is 18.2 Å². The number of carbonyl (C=O) groups excluding carboxylic acids is 1. The van der Waals surface area contributed by atoms with Gasteiger partial charge in [-0.1, -0.05) is 55.5 Å². The molecule has 1 aromatic heterocycles. The van der Waals surface area contributed by atoms with Gasteiger partial charge in [-0.3, -0.25) is 4.79 Å². The molecule has 1 amide bonds. The van der Waals surface area contributed by atoms with Crippen molar-refractivity contribution in [2.75, 3.05) is 23.0 Å². The van der Waals surface area contributed by atoms with Crippen LogP contribution in [0.1, 0.15) is 56.2 Å². The lowest BCUT2D eigenvalue weighted by molar-refractivity contribution is -0.126. The van der Waals surface area contributed by atoms with E-state index in [0.29, 0.717) is 23.4 Å². The van der Waals surface area contributed by atoms with Crippen molar-refractivity contribution >= 4 is 23.8 Å². The predicted octanol–water partition coefficient (Wildman–Crippen LogP) is 4.90. The molecule has 1 saturated carbocycles. The monoisotopic (exact) mass is 491 g/mol. The standard InChI is InChI=1S/C27H34FN7O/c1-3-23(18-9-5-4-6-10-18)32-27-34-25(29-2)33-26(35-27)31-21-15-13-19(14-16-21)24(36)30-17-20-11-7-8-12-22(20)28/h4-12,19,21,23H,3,13-17H2,1-2H3,(H,30,36)(H3,29,31,32,33,34,35)/t19-,21-,23-/m1/s1. The largest absolute Gasteiger partial charge is 0.357 e. The van der Waals surface area contributed by atoms with Crippen LogP contribution in [-0.4, -0.2) is 33.9 Å². The highest BCUT2D eigenvalue weighted by Crippen LogP contribution is 2.27. The number of hydrogen-bond acceptors (Lipinski definition) is 7. The van der Waals surface area contributed by atoms with Gasteiger partial charge >= 0.3 is 0 Å². The summed E-state index contributed by atoms with van der Waals surface area (Å²) in [7, 11) is 1.78. The molecule has 9 heteroatoms. The molecule has 8 nitrogen and oxygen atoms in total. The van der Waals surface area contributed by atoms with E-state index in [1.165, 1.54) is 11.6 Å². The minimum absolute atomic E-state index is 0.0210. The van der Waals surface area contributed by atoms with E-state index in [4.69, 9.17) is 0 Å². The Labute approximate surface area is 211 Å². The molecule has 0 bridgehead atoms. The molecule has 1 heterocycles. The Bertz CT molecular complexity index is 1140. The summed E-state index contributed by atoms with van der Waals surface area (Å²) in [6, 6.07) is 17.0. The molecule has 1 atom stereocenters. The molecule has 36 heavy (non-hydrogen) atoms. The molecule has 0 unspecified atom stereocenters. The summed E-state index contributed by atoms with van der Waals surface area (Å²) in [6.45, 7) is 2.33. The summed E-state index contributed by atoms with van der Waals surface area (Å²) >= 11 is 0. The summed E-state index contributed by atoms with van der Waals surface area (Å²) < 4.78 is 13.8. The van der Waals surface area contributed by atoms with Gasteiger partial charge in [0.05, 0.1) is 6.04 Å². The number of halogens is 1. The summed E-state index contributed by atoms with van der Waals surface area (Å²) in [5, 5.41) is 12.7. The fourth-order valence-corrected chi connectivity index (χ4v) is 4.53. The molecule has 3 aromatic rings. The zero-order chi connectivity index (χ0) is 25.3. The van der Waals surface area contributed by atoms with Crippen LogP contribution in [0.4, 0.5) is 22.2 Å². The summed E-state index contributed by atoms with van der Waals surface area (Å²) in [6.07, 6.45) is 4.03. The van der Waals surface area contributed by atoms with Gasteiger partial charge in [0.1, 0.15) is 5.82 Å². The SMILES string of the molecule is CC[C@@H](Nc1nc(NC)nc(N[C@H]2CC[C@H](C(=O)NCc3ccccc3F)CC2)n1)c1ccccc1. The second kappa shape index (κ2) is 12.3. The molecule has 1 fully saturated rings. The Morgan fingerprint density at radius 3 is 2.31 bits per heavy atom. The molecular weight excluding hydrogens is 457 g/mol. The van der Waals surface area contributed by atoms with Crippen LogP contribution >= 0.6 is 0 Å². The number of amides is 1. The molecule has 0 saturated heterocycles. The highest BCUT2D eigenvalue weighted by molar-refractivity contribution is 5.78. The highest BCUT2D eigenvalue weighted by atomic mass is 19.1. The number of carbonyl (C=O) groups is 1. The van der Waals surface area contributed by atoms with Crippen molar-refractivity contribution in [2.24, 2.45) is 5.92 Å². The number of nitrogens with one attached hydrogen (secondary N) is 4. The van der Waals surface area contributed by atoms with Gasteiger partial charge in [0.2, 0.25) is 23.8 Å². The molecule has 1 aliphatic carbocycles. The Kier molecular flexibility index (Phi) is 8.65. The Hall–Kier alpha value is -3.75. The molecule has 4 N–H and O–H groups in total. The third-order valence-electron chi connectivity index (χ3n) is 6.61. The molecule has 0 spiro atoms. The van der Waals surface area contributed by atoms with Gasteiger partial charge in [0.15, 0.2) is 0 Å². The normalized spacial score (nSPS) is 18.2. The van der Waals surface area contributed by atoms with Crippen molar-refractivity contribution in [1.29, 1.82) is 0 Å². The minimum atomic E-state index is -0.299. The molecule has 0 aliphatic heterocycles. The number of anilines is 3. The van der Waals surface area contributed by atoms with Gasteiger partial charge in [0.25, 0.3) is 0 Å². The zero-order valence-corrected chi connectivity index (χ0v) is 20.8. The zero-order valence-electron chi connectivity index (χ0n) is 20.8. The maximum Gasteiger partial charge on any atom is 0.229 e. The van der Waals surface area contributed by atoms with Gasteiger partial charge < -0.3 is 21.3 Å². The maximum atomic E-state index is 13.8. The summed E-state index contributed by atoms with van der Waals surface area (Å²) in [5.74, 6) is 1.11. The number of hydrogen-bond donors (Lipinski definition) is 4. The van der Waals surface area contributed by atoms with E-state index < -0.39 is 0 Å². The fraction of sp³-hybridized carbons (Fsp3) is 0.407.